The molecule has 28 heavy (non-hydrogen) atoms. The number of hydrogen-bond acceptors (Lipinski definition) is 4. The van der Waals surface area contributed by atoms with Crippen molar-refractivity contribution in [2.75, 3.05) is 5.32 Å². The summed E-state index contributed by atoms with van der Waals surface area (Å²) in [5.41, 5.74) is 7.98. The fraction of sp³-hybridized carbons (Fsp3) is 0.350. The lowest BCUT2D eigenvalue weighted by Gasteiger charge is -2.15. The Hall–Kier alpha value is -2.15. The van der Waals surface area contributed by atoms with Gasteiger partial charge in [-0.15, -0.1) is 24.8 Å². The molecule has 0 saturated heterocycles. The molecule has 6 nitrogen and oxygen atoms in total. The lowest BCUT2D eigenvalue weighted by molar-refractivity contribution is -0.122. The maximum absolute atomic E-state index is 12.2. The topological polar surface area (TPSA) is 97.1 Å². The maximum Gasteiger partial charge on any atom is 0.274 e. The van der Waals surface area contributed by atoms with Gasteiger partial charge in [0.2, 0.25) is 5.91 Å². The zero-order chi connectivity index (χ0) is 18.4. The first-order valence-electron chi connectivity index (χ1n) is 8.95. The van der Waals surface area contributed by atoms with Gasteiger partial charge in [0.1, 0.15) is 5.69 Å². The lowest BCUT2D eigenvalue weighted by Crippen LogP contribution is -2.31. The van der Waals surface area contributed by atoms with Crippen molar-refractivity contribution in [2.45, 2.75) is 38.3 Å². The second-order valence-corrected chi connectivity index (χ2v) is 6.71. The number of benzene rings is 1. The number of carbonyl (C=O) groups excluding carboxylic acids is 2. The van der Waals surface area contributed by atoms with Gasteiger partial charge in [-0.2, -0.15) is 0 Å². The standard InChI is InChI=1S/C20H24N4O2.2ClH/c21-17-8-4-6-15(17)12-19(25)23-13-14-5-3-7-16(11-14)24-20(26)18-9-1-2-10-22-18;;/h1-3,5,7,9-11,15,17H,4,6,8,12-13,21H2,(H,23,25)(H,24,26);2*1H/t15-,17+;;/m0../s1. The average molecular weight is 425 g/mol. The van der Waals surface area contributed by atoms with Gasteiger partial charge in [-0.05, 0) is 48.6 Å². The molecule has 152 valence electrons. The molecule has 0 bridgehead atoms. The van der Waals surface area contributed by atoms with Crippen molar-refractivity contribution in [1.82, 2.24) is 10.3 Å². The predicted molar refractivity (Wildman–Crippen MR) is 115 cm³/mol. The number of halogens is 2. The van der Waals surface area contributed by atoms with Gasteiger partial charge < -0.3 is 16.4 Å². The Morgan fingerprint density at radius 1 is 1.11 bits per heavy atom. The number of amides is 2. The summed E-state index contributed by atoms with van der Waals surface area (Å²) in [7, 11) is 0. The molecule has 1 aliphatic rings. The molecular weight excluding hydrogens is 399 g/mol. The molecule has 1 aliphatic carbocycles. The van der Waals surface area contributed by atoms with Gasteiger partial charge in [0.15, 0.2) is 0 Å². The smallest absolute Gasteiger partial charge is 0.274 e. The fourth-order valence-corrected chi connectivity index (χ4v) is 3.28. The van der Waals surface area contributed by atoms with E-state index in [2.05, 4.69) is 15.6 Å². The highest BCUT2D eigenvalue weighted by atomic mass is 35.5. The van der Waals surface area contributed by atoms with Crippen molar-refractivity contribution in [3.05, 3.63) is 59.9 Å². The van der Waals surface area contributed by atoms with E-state index in [9.17, 15) is 9.59 Å². The van der Waals surface area contributed by atoms with Crippen LogP contribution in [-0.2, 0) is 11.3 Å². The summed E-state index contributed by atoms with van der Waals surface area (Å²) in [5, 5.41) is 5.76. The van der Waals surface area contributed by atoms with E-state index < -0.39 is 0 Å². The number of carbonyl (C=O) groups is 2. The third-order valence-corrected chi connectivity index (χ3v) is 4.74. The summed E-state index contributed by atoms with van der Waals surface area (Å²) < 4.78 is 0. The van der Waals surface area contributed by atoms with Crippen LogP contribution in [0.5, 0.6) is 0 Å². The summed E-state index contributed by atoms with van der Waals surface area (Å²) in [4.78, 5) is 28.3. The number of hydrogen-bond donors (Lipinski definition) is 3. The second-order valence-electron chi connectivity index (χ2n) is 6.71. The quantitative estimate of drug-likeness (QED) is 0.662. The normalized spacial score (nSPS) is 17.8. The minimum Gasteiger partial charge on any atom is -0.352 e. The molecule has 0 spiro atoms. The fourth-order valence-electron chi connectivity index (χ4n) is 3.28. The molecule has 1 saturated carbocycles. The zero-order valence-electron chi connectivity index (χ0n) is 15.5. The number of nitrogens with one attached hydrogen (secondary N) is 2. The zero-order valence-corrected chi connectivity index (χ0v) is 17.1. The van der Waals surface area contributed by atoms with Crippen molar-refractivity contribution < 1.29 is 9.59 Å². The Bertz CT molecular complexity index is 774. The second kappa shape index (κ2) is 11.6. The summed E-state index contributed by atoms with van der Waals surface area (Å²) in [6.07, 6.45) is 5.21. The molecule has 1 aromatic heterocycles. The Morgan fingerprint density at radius 3 is 2.61 bits per heavy atom. The van der Waals surface area contributed by atoms with Gasteiger partial charge in [-0.25, -0.2) is 0 Å². The van der Waals surface area contributed by atoms with Crippen LogP contribution in [-0.4, -0.2) is 22.8 Å². The summed E-state index contributed by atoms with van der Waals surface area (Å²) in [6.45, 7) is 0.425. The number of nitrogens with two attached hydrogens (primary N) is 1. The van der Waals surface area contributed by atoms with Crippen LogP contribution in [0, 0.1) is 5.92 Å². The number of pyridine rings is 1. The Labute approximate surface area is 177 Å². The molecule has 1 heterocycles. The van der Waals surface area contributed by atoms with Gasteiger partial charge in [-0.1, -0.05) is 24.6 Å². The summed E-state index contributed by atoms with van der Waals surface area (Å²) in [6, 6.07) is 12.8. The molecule has 0 unspecified atom stereocenters. The first-order chi connectivity index (χ1) is 12.6. The van der Waals surface area contributed by atoms with E-state index >= 15 is 0 Å². The summed E-state index contributed by atoms with van der Waals surface area (Å²) in [5.74, 6) is 0.0521. The largest absolute Gasteiger partial charge is 0.352 e. The Kier molecular flexibility index (Phi) is 9.93. The van der Waals surface area contributed by atoms with Gasteiger partial charge in [-0.3, -0.25) is 14.6 Å². The summed E-state index contributed by atoms with van der Waals surface area (Å²) >= 11 is 0. The van der Waals surface area contributed by atoms with E-state index in [1.807, 2.05) is 24.3 Å². The van der Waals surface area contributed by atoms with Crippen LogP contribution in [0.1, 0.15) is 41.7 Å². The minimum absolute atomic E-state index is 0. The lowest BCUT2D eigenvalue weighted by atomic mass is 10.00. The highest BCUT2D eigenvalue weighted by molar-refractivity contribution is 6.02. The molecule has 1 aromatic carbocycles. The number of nitrogens with zero attached hydrogens (tertiary/aromatic N) is 1. The van der Waals surface area contributed by atoms with Crippen LogP contribution in [0.4, 0.5) is 5.69 Å². The molecular formula is C20H26Cl2N4O2. The van der Waals surface area contributed by atoms with Crippen molar-refractivity contribution in [3.8, 4) is 0 Å². The van der Waals surface area contributed by atoms with Gasteiger partial charge in [0.05, 0.1) is 0 Å². The molecule has 2 amide bonds. The van der Waals surface area contributed by atoms with Crippen molar-refractivity contribution >= 4 is 42.3 Å². The molecule has 3 rings (SSSR count). The van der Waals surface area contributed by atoms with Crippen LogP contribution in [0.25, 0.3) is 0 Å². The predicted octanol–water partition coefficient (Wildman–Crippen LogP) is 3.31. The van der Waals surface area contributed by atoms with E-state index in [4.69, 9.17) is 5.73 Å². The molecule has 0 aliphatic heterocycles. The van der Waals surface area contributed by atoms with E-state index in [-0.39, 0.29) is 42.7 Å². The van der Waals surface area contributed by atoms with E-state index in [0.29, 0.717) is 30.3 Å². The first kappa shape index (κ1) is 23.9. The first-order valence-corrected chi connectivity index (χ1v) is 8.95. The molecule has 8 heteroatoms. The Balaban J connectivity index is 0.00000196. The van der Waals surface area contributed by atoms with Gasteiger partial charge >= 0.3 is 0 Å². The van der Waals surface area contributed by atoms with Crippen LogP contribution in [0.2, 0.25) is 0 Å². The number of anilines is 1. The molecule has 2 aromatic rings. The average Bonchev–Trinajstić information content (AvgIpc) is 3.06. The number of aromatic nitrogens is 1. The maximum atomic E-state index is 12.2. The van der Waals surface area contributed by atoms with E-state index in [1.54, 1.807) is 24.4 Å². The van der Waals surface area contributed by atoms with Crippen LogP contribution < -0.4 is 16.4 Å². The van der Waals surface area contributed by atoms with Crippen LogP contribution in [0.15, 0.2) is 48.7 Å². The van der Waals surface area contributed by atoms with Gasteiger partial charge in [0.25, 0.3) is 5.91 Å². The van der Waals surface area contributed by atoms with Crippen molar-refractivity contribution in [1.29, 1.82) is 0 Å². The third kappa shape index (κ3) is 6.78. The highest BCUT2D eigenvalue weighted by Crippen LogP contribution is 2.26. The van der Waals surface area contributed by atoms with E-state index in [1.165, 1.54) is 0 Å². The monoisotopic (exact) mass is 424 g/mol. The minimum atomic E-state index is -0.262. The van der Waals surface area contributed by atoms with Crippen molar-refractivity contribution in [3.63, 3.8) is 0 Å². The number of rotatable bonds is 6. The van der Waals surface area contributed by atoms with Crippen LogP contribution >= 0.6 is 24.8 Å². The van der Waals surface area contributed by atoms with Crippen LogP contribution in [0.3, 0.4) is 0 Å². The van der Waals surface area contributed by atoms with E-state index in [0.717, 1.165) is 24.8 Å². The molecule has 4 N–H and O–H groups in total. The van der Waals surface area contributed by atoms with Gasteiger partial charge in [0, 0.05) is 30.9 Å². The SMILES string of the molecule is Cl.Cl.N[C@@H]1CCC[C@H]1CC(=O)NCc1cccc(NC(=O)c2ccccn2)c1. The van der Waals surface area contributed by atoms with Crippen molar-refractivity contribution in [2.24, 2.45) is 11.7 Å². The molecule has 1 fully saturated rings. The molecule has 2 atom stereocenters. The highest BCUT2D eigenvalue weighted by Gasteiger charge is 2.25. The Morgan fingerprint density at radius 2 is 1.93 bits per heavy atom. The molecule has 0 radical (unpaired) electrons. The third-order valence-electron chi connectivity index (χ3n) is 4.74.